The van der Waals surface area contributed by atoms with E-state index >= 15 is 0 Å². The zero-order valence-corrected chi connectivity index (χ0v) is 10.9. The Balaban J connectivity index is 1.86. The number of thioether (sulfide) groups is 1. The molecule has 0 N–H and O–H groups in total. The van der Waals surface area contributed by atoms with Gasteiger partial charge in [-0.15, -0.1) is 0 Å². The number of ketones is 1. The standard InChI is InChI=1S/C12H17F3O2S/c13-12(14,15)3-1-10(16)9-2-5-17-11(7-9)4-6-18-8-11/h9H,1-8H2. The SMILES string of the molecule is O=C(CCC(F)(F)F)C1CCOC2(CCSC2)C1. The lowest BCUT2D eigenvalue weighted by Crippen LogP contribution is -2.42. The van der Waals surface area contributed by atoms with E-state index in [1.54, 1.807) is 11.8 Å². The van der Waals surface area contributed by atoms with E-state index in [1.807, 2.05) is 0 Å². The molecule has 104 valence electrons. The van der Waals surface area contributed by atoms with Gasteiger partial charge in [0.15, 0.2) is 0 Å². The highest BCUT2D eigenvalue weighted by Gasteiger charge is 2.42. The van der Waals surface area contributed by atoms with Crippen LogP contribution in [0.3, 0.4) is 0 Å². The van der Waals surface area contributed by atoms with Crippen molar-refractivity contribution in [3.8, 4) is 0 Å². The number of carbonyl (C=O) groups excluding carboxylic acids is 1. The lowest BCUT2D eigenvalue weighted by atomic mass is 9.82. The Hall–Kier alpha value is -0.230. The second-order valence-electron chi connectivity index (χ2n) is 5.11. The van der Waals surface area contributed by atoms with Crippen LogP contribution in [0.25, 0.3) is 0 Å². The van der Waals surface area contributed by atoms with E-state index in [9.17, 15) is 18.0 Å². The molecule has 0 radical (unpaired) electrons. The molecule has 0 aliphatic carbocycles. The zero-order valence-electron chi connectivity index (χ0n) is 10.1. The summed E-state index contributed by atoms with van der Waals surface area (Å²) in [4.78, 5) is 11.8. The van der Waals surface area contributed by atoms with Crippen molar-refractivity contribution in [2.45, 2.75) is 43.9 Å². The van der Waals surface area contributed by atoms with Crippen LogP contribution in [0.5, 0.6) is 0 Å². The highest BCUT2D eigenvalue weighted by Crippen LogP contribution is 2.41. The summed E-state index contributed by atoms with van der Waals surface area (Å²) in [6.45, 7) is 0.503. The molecule has 0 aromatic carbocycles. The van der Waals surface area contributed by atoms with Gasteiger partial charge in [0.1, 0.15) is 5.78 Å². The van der Waals surface area contributed by atoms with Gasteiger partial charge in [-0.05, 0) is 25.0 Å². The van der Waals surface area contributed by atoms with Crippen LogP contribution in [0.2, 0.25) is 0 Å². The fourth-order valence-electron chi connectivity index (χ4n) is 2.63. The number of halogens is 3. The molecule has 6 heteroatoms. The molecule has 2 aliphatic rings. The first-order valence-corrected chi connectivity index (χ1v) is 7.37. The van der Waals surface area contributed by atoms with Crippen molar-refractivity contribution in [3.05, 3.63) is 0 Å². The van der Waals surface area contributed by atoms with Crippen LogP contribution in [-0.4, -0.2) is 35.7 Å². The van der Waals surface area contributed by atoms with Gasteiger partial charge in [0, 0.05) is 24.7 Å². The minimum Gasteiger partial charge on any atom is -0.374 e. The summed E-state index contributed by atoms with van der Waals surface area (Å²) in [5, 5.41) is 0. The van der Waals surface area contributed by atoms with E-state index in [0.29, 0.717) is 19.4 Å². The molecule has 2 saturated heterocycles. The Morgan fingerprint density at radius 1 is 1.44 bits per heavy atom. The lowest BCUT2D eigenvalue weighted by molar-refractivity contribution is -0.149. The summed E-state index contributed by atoms with van der Waals surface area (Å²) < 4.78 is 42.0. The van der Waals surface area contributed by atoms with E-state index in [2.05, 4.69) is 0 Å². The second-order valence-corrected chi connectivity index (χ2v) is 6.21. The number of ether oxygens (including phenoxy) is 1. The fourth-order valence-corrected chi connectivity index (χ4v) is 4.01. The molecule has 18 heavy (non-hydrogen) atoms. The molecule has 2 atom stereocenters. The van der Waals surface area contributed by atoms with Crippen molar-refractivity contribution < 1.29 is 22.7 Å². The molecule has 0 bridgehead atoms. The molecule has 2 nitrogen and oxygen atoms in total. The normalized spacial score (nSPS) is 32.9. The van der Waals surface area contributed by atoms with Gasteiger partial charge in [-0.3, -0.25) is 4.79 Å². The van der Waals surface area contributed by atoms with Crippen LogP contribution >= 0.6 is 11.8 Å². The minimum atomic E-state index is -4.23. The van der Waals surface area contributed by atoms with E-state index in [4.69, 9.17) is 4.74 Å². The van der Waals surface area contributed by atoms with Crippen LogP contribution < -0.4 is 0 Å². The minimum absolute atomic E-state index is 0.235. The van der Waals surface area contributed by atoms with Gasteiger partial charge in [0.05, 0.1) is 12.0 Å². The molecule has 0 amide bonds. The van der Waals surface area contributed by atoms with E-state index in [-0.39, 0.29) is 23.7 Å². The van der Waals surface area contributed by atoms with Gasteiger partial charge < -0.3 is 4.74 Å². The Bertz CT molecular complexity index is 311. The number of Topliss-reactive ketones (excluding diaryl/α,β-unsaturated/α-hetero) is 1. The molecule has 0 aromatic rings. The number of carbonyl (C=O) groups is 1. The molecular weight excluding hydrogens is 265 g/mol. The van der Waals surface area contributed by atoms with E-state index in [1.165, 1.54) is 0 Å². The smallest absolute Gasteiger partial charge is 0.374 e. The molecule has 1 spiro atoms. The summed E-state index contributed by atoms with van der Waals surface area (Å²) >= 11 is 1.79. The lowest BCUT2D eigenvalue weighted by Gasteiger charge is -2.37. The van der Waals surface area contributed by atoms with Crippen LogP contribution in [0, 0.1) is 5.92 Å². The number of hydrogen-bond acceptors (Lipinski definition) is 3. The van der Waals surface area contributed by atoms with Crippen molar-refractivity contribution >= 4 is 17.5 Å². The highest BCUT2D eigenvalue weighted by atomic mass is 32.2. The molecule has 2 heterocycles. The quantitative estimate of drug-likeness (QED) is 0.795. The van der Waals surface area contributed by atoms with Crippen LogP contribution in [0.15, 0.2) is 0 Å². The first-order chi connectivity index (χ1) is 8.40. The summed E-state index contributed by atoms with van der Waals surface area (Å²) in [7, 11) is 0. The predicted octanol–water partition coefficient (Wildman–Crippen LogP) is 3.20. The van der Waals surface area contributed by atoms with Crippen LogP contribution in [0.4, 0.5) is 13.2 Å². The van der Waals surface area contributed by atoms with Crippen molar-refractivity contribution in [1.29, 1.82) is 0 Å². The Morgan fingerprint density at radius 2 is 2.22 bits per heavy atom. The average molecular weight is 282 g/mol. The molecule has 0 aromatic heterocycles. The highest BCUT2D eigenvalue weighted by molar-refractivity contribution is 7.99. The van der Waals surface area contributed by atoms with Gasteiger partial charge in [0.2, 0.25) is 0 Å². The zero-order chi connectivity index (χ0) is 13.2. The van der Waals surface area contributed by atoms with E-state index < -0.39 is 12.6 Å². The topological polar surface area (TPSA) is 26.3 Å². The van der Waals surface area contributed by atoms with Crippen molar-refractivity contribution in [3.63, 3.8) is 0 Å². The largest absolute Gasteiger partial charge is 0.389 e. The monoisotopic (exact) mass is 282 g/mol. The third kappa shape index (κ3) is 3.63. The fraction of sp³-hybridized carbons (Fsp3) is 0.917. The molecule has 2 unspecified atom stereocenters. The Labute approximate surface area is 109 Å². The number of hydrogen-bond donors (Lipinski definition) is 0. The number of rotatable bonds is 3. The maximum absolute atomic E-state index is 12.1. The Kier molecular flexibility index (Phi) is 4.26. The van der Waals surface area contributed by atoms with Crippen molar-refractivity contribution in [2.75, 3.05) is 18.1 Å². The van der Waals surface area contributed by atoms with E-state index in [0.717, 1.165) is 17.9 Å². The summed E-state index contributed by atoms with van der Waals surface area (Å²) in [6.07, 6.45) is -3.51. The van der Waals surface area contributed by atoms with Gasteiger partial charge >= 0.3 is 6.18 Å². The second kappa shape index (κ2) is 5.41. The van der Waals surface area contributed by atoms with Crippen LogP contribution in [0.1, 0.15) is 32.1 Å². The third-order valence-electron chi connectivity index (χ3n) is 3.67. The summed E-state index contributed by atoms with van der Waals surface area (Å²) in [5.41, 5.74) is -0.235. The van der Waals surface area contributed by atoms with Gasteiger partial charge in [-0.25, -0.2) is 0 Å². The third-order valence-corrected chi connectivity index (χ3v) is 4.89. The average Bonchev–Trinajstić information content (AvgIpc) is 2.73. The summed E-state index contributed by atoms with van der Waals surface area (Å²) in [5.74, 6) is 1.41. The molecule has 2 fully saturated rings. The molecular formula is C12H17F3O2S. The number of alkyl halides is 3. The maximum Gasteiger partial charge on any atom is 0.389 e. The first-order valence-electron chi connectivity index (χ1n) is 6.21. The van der Waals surface area contributed by atoms with Gasteiger partial charge in [-0.2, -0.15) is 24.9 Å². The Morgan fingerprint density at radius 3 is 2.83 bits per heavy atom. The first kappa shape index (κ1) is 14.2. The molecule has 2 rings (SSSR count). The predicted molar refractivity (Wildman–Crippen MR) is 63.6 cm³/mol. The van der Waals surface area contributed by atoms with Gasteiger partial charge in [0.25, 0.3) is 0 Å². The van der Waals surface area contributed by atoms with Crippen molar-refractivity contribution in [2.24, 2.45) is 5.92 Å². The molecule has 0 saturated carbocycles. The summed E-state index contributed by atoms with van der Waals surface area (Å²) in [6, 6.07) is 0. The van der Waals surface area contributed by atoms with Crippen LogP contribution in [-0.2, 0) is 9.53 Å². The van der Waals surface area contributed by atoms with Crippen molar-refractivity contribution in [1.82, 2.24) is 0 Å². The maximum atomic E-state index is 12.1. The molecule has 2 aliphatic heterocycles. The van der Waals surface area contributed by atoms with Gasteiger partial charge in [-0.1, -0.05) is 0 Å².